The number of fused-ring (bicyclic) bond motifs is 1. The number of amides is 1. The maximum absolute atomic E-state index is 13.4. The Morgan fingerprint density at radius 1 is 1.12 bits per heavy atom. The Hall–Kier alpha value is -2.91. The van der Waals surface area contributed by atoms with Gasteiger partial charge in [0.15, 0.2) is 0 Å². The summed E-state index contributed by atoms with van der Waals surface area (Å²) in [6.45, 7) is 2.63. The van der Waals surface area contributed by atoms with Crippen molar-refractivity contribution < 1.29 is 17.9 Å². The number of anilines is 1. The lowest BCUT2D eigenvalue weighted by molar-refractivity contribution is 0.0737. The van der Waals surface area contributed by atoms with E-state index in [1.54, 1.807) is 30.5 Å². The number of benzene rings is 1. The zero-order chi connectivity index (χ0) is 22.8. The fourth-order valence-corrected chi connectivity index (χ4v) is 6.37. The smallest absolute Gasteiger partial charge is 0.254 e. The third-order valence-electron chi connectivity index (χ3n) is 6.39. The fraction of sp³-hybridized carbons (Fsp3) is 0.417. The number of hydrogen-bond donors (Lipinski definition) is 0. The van der Waals surface area contributed by atoms with E-state index in [0.29, 0.717) is 50.5 Å². The van der Waals surface area contributed by atoms with Gasteiger partial charge in [0.25, 0.3) is 5.91 Å². The maximum Gasteiger partial charge on any atom is 0.254 e. The van der Waals surface area contributed by atoms with Crippen LogP contribution < -0.4 is 4.31 Å². The van der Waals surface area contributed by atoms with Crippen molar-refractivity contribution in [3.63, 3.8) is 0 Å². The van der Waals surface area contributed by atoms with Gasteiger partial charge in [0.1, 0.15) is 0 Å². The van der Waals surface area contributed by atoms with Crippen molar-refractivity contribution in [2.45, 2.75) is 19.3 Å². The molecule has 2 fully saturated rings. The number of ether oxygens (including phenoxy) is 1. The molecule has 1 unspecified atom stereocenters. The van der Waals surface area contributed by atoms with Crippen molar-refractivity contribution >= 4 is 27.1 Å². The average molecular weight is 469 g/mol. The Labute approximate surface area is 193 Å². The number of sulfonamides is 1. The first-order valence-electron chi connectivity index (χ1n) is 11.4. The lowest BCUT2D eigenvalue weighted by Crippen LogP contribution is -2.38. The highest BCUT2D eigenvalue weighted by Gasteiger charge is 2.28. The topological polar surface area (TPSA) is 84.2 Å². The highest BCUT2D eigenvalue weighted by molar-refractivity contribution is 7.92. The fourth-order valence-electron chi connectivity index (χ4n) is 4.74. The molecule has 0 N–H and O–H groups in total. The number of hydrogen-bond acceptors (Lipinski definition) is 5. The molecule has 4 heterocycles. The molecular weight excluding hydrogens is 440 g/mol. The molecule has 0 aliphatic carbocycles. The molecule has 2 aromatic heterocycles. The molecule has 2 aliphatic heterocycles. The molecule has 1 atom stereocenters. The van der Waals surface area contributed by atoms with Gasteiger partial charge in [0.2, 0.25) is 10.0 Å². The molecule has 0 saturated carbocycles. The molecule has 3 aromatic rings. The molecule has 174 valence electrons. The number of rotatable bonds is 4. The van der Waals surface area contributed by atoms with E-state index in [0.717, 1.165) is 18.4 Å². The van der Waals surface area contributed by atoms with Crippen molar-refractivity contribution in [3.8, 4) is 0 Å². The molecule has 9 heteroatoms. The van der Waals surface area contributed by atoms with Crippen molar-refractivity contribution in [3.05, 3.63) is 66.0 Å². The zero-order valence-electron chi connectivity index (χ0n) is 18.5. The quantitative estimate of drug-likeness (QED) is 0.588. The third-order valence-corrected chi connectivity index (χ3v) is 8.26. The number of aromatic nitrogens is 2. The molecule has 2 saturated heterocycles. The highest BCUT2D eigenvalue weighted by Crippen LogP contribution is 2.25. The van der Waals surface area contributed by atoms with Crippen molar-refractivity contribution in [1.29, 1.82) is 0 Å². The van der Waals surface area contributed by atoms with Crippen LogP contribution in [0.5, 0.6) is 0 Å². The molecule has 2 aliphatic rings. The lowest BCUT2D eigenvalue weighted by Gasteiger charge is -2.29. The lowest BCUT2D eigenvalue weighted by atomic mass is 9.99. The standard InChI is InChI=1S/C24H28N4O4S/c29-24(21-5-3-7-22(16-21)28-11-1-2-14-33(28,30)31)26-12-13-32-18-19(17-26)15-20-6-4-10-27-23(20)8-9-25-27/h3-10,16,19H,1-2,11-15,17-18H2. The summed E-state index contributed by atoms with van der Waals surface area (Å²) in [4.78, 5) is 15.2. The van der Waals surface area contributed by atoms with Crippen LogP contribution in [-0.2, 0) is 21.2 Å². The van der Waals surface area contributed by atoms with E-state index >= 15 is 0 Å². The number of pyridine rings is 1. The zero-order valence-corrected chi connectivity index (χ0v) is 19.3. The summed E-state index contributed by atoms with van der Waals surface area (Å²) in [5, 5.41) is 4.30. The van der Waals surface area contributed by atoms with E-state index < -0.39 is 10.0 Å². The third kappa shape index (κ3) is 4.60. The Balaban J connectivity index is 1.34. The number of carbonyl (C=O) groups excluding carboxylic acids is 1. The minimum atomic E-state index is -3.32. The van der Waals surface area contributed by atoms with Gasteiger partial charge in [-0.3, -0.25) is 9.10 Å². The minimum absolute atomic E-state index is 0.0932. The van der Waals surface area contributed by atoms with Crippen LogP contribution in [0.25, 0.3) is 5.52 Å². The van der Waals surface area contributed by atoms with Gasteiger partial charge in [0, 0.05) is 43.5 Å². The van der Waals surface area contributed by atoms with E-state index in [1.165, 1.54) is 9.87 Å². The molecular formula is C24H28N4O4S. The van der Waals surface area contributed by atoms with Gasteiger partial charge in [-0.15, -0.1) is 0 Å². The summed E-state index contributed by atoms with van der Waals surface area (Å²) in [6.07, 6.45) is 6.00. The summed E-state index contributed by atoms with van der Waals surface area (Å²) in [5.74, 6) is 0.216. The Morgan fingerprint density at radius 3 is 2.91 bits per heavy atom. The Bertz CT molecular complexity index is 1260. The van der Waals surface area contributed by atoms with Gasteiger partial charge in [-0.25, -0.2) is 12.9 Å². The van der Waals surface area contributed by atoms with Crippen LogP contribution >= 0.6 is 0 Å². The minimum Gasteiger partial charge on any atom is -0.379 e. The van der Waals surface area contributed by atoms with Crippen LogP contribution in [0.2, 0.25) is 0 Å². The first kappa shape index (κ1) is 21.9. The van der Waals surface area contributed by atoms with E-state index in [1.807, 2.05) is 27.7 Å². The van der Waals surface area contributed by atoms with Crippen molar-refractivity contribution in [1.82, 2.24) is 14.5 Å². The van der Waals surface area contributed by atoms with Gasteiger partial charge in [-0.1, -0.05) is 12.1 Å². The first-order chi connectivity index (χ1) is 16.0. The van der Waals surface area contributed by atoms with Crippen LogP contribution in [0.15, 0.2) is 54.9 Å². The van der Waals surface area contributed by atoms with Crippen LogP contribution in [0, 0.1) is 5.92 Å². The van der Waals surface area contributed by atoms with Gasteiger partial charge in [-0.05, 0) is 55.2 Å². The Kier molecular flexibility index (Phi) is 6.07. The predicted molar refractivity (Wildman–Crippen MR) is 126 cm³/mol. The summed E-state index contributed by atoms with van der Waals surface area (Å²) in [6, 6.07) is 13.1. The average Bonchev–Trinajstić information content (AvgIpc) is 3.18. The Morgan fingerprint density at radius 2 is 2.03 bits per heavy atom. The molecule has 0 bridgehead atoms. The predicted octanol–water partition coefficient (Wildman–Crippen LogP) is 2.60. The highest BCUT2D eigenvalue weighted by atomic mass is 32.2. The second-order valence-electron chi connectivity index (χ2n) is 8.74. The van der Waals surface area contributed by atoms with Crippen molar-refractivity contribution in [2.75, 3.05) is 42.9 Å². The monoisotopic (exact) mass is 468 g/mol. The second-order valence-corrected chi connectivity index (χ2v) is 10.7. The van der Waals surface area contributed by atoms with Crippen LogP contribution in [0.4, 0.5) is 5.69 Å². The molecule has 5 rings (SSSR count). The summed E-state index contributed by atoms with van der Waals surface area (Å²) in [5.41, 5.74) is 3.31. The maximum atomic E-state index is 13.4. The van der Waals surface area contributed by atoms with Crippen molar-refractivity contribution in [2.24, 2.45) is 5.92 Å². The summed E-state index contributed by atoms with van der Waals surface area (Å²) in [7, 11) is -3.32. The summed E-state index contributed by atoms with van der Waals surface area (Å²) >= 11 is 0. The van der Waals surface area contributed by atoms with Gasteiger partial charge >= 0.3 is 0 Å². The SMILES string of the molecule is O=C(c1cccc(N2CCCCS2(=O)=O)c1)N1CCOCC(Cc2cccn3nccc23)C1. The van der Waals surface area contributed by atoms with Crippen LogP contribution in [-0.4, -0.2) is 67.4 Å². The van der Waals surface area contributed by atoms with E-state index in [2.05, 4.69) is 11.2 Å². The number of nitrogens with zero attached hydrogens (tertiary/aromatic N) is 4. The molecule has 33 heavy (non-hydrogen) atoms. The van der Waals surface area contributed by atoms with Crippen LogP contribution in [0.1, 0.15) is 28.8 Å². The number of carbonyl (C=O) groups is 1. The van der Waals surface area contributed by atoms with E-state index in [-0.39, 0.29) is 17.6 Å². The van der Waals surface area contributed by atoms with E-state index in [9.17, 15) is 13.2 Å². The van der Waals surface area contributed by atoms with Gasteiger partial charge in [0.05, 0.1) is 30.2 Å². The van der Waals surface area contributed by atoms with Gasteiger partial charge < -0.3 is 9.64 Å². The first-order valence-corrected chi connectivity index (χ1v) is 13.0. The van der Waals surface area contributed by atoms with Crippen LogP contribution in [0.3, 0.4) is 0 Å². The molecule has 8 nitrogen and oxygen atoms in total. The van der Waals surface area contributed by atoms with E-state index in [4.69, 9.17) is 4.74 Å². The molecule has 1 amide bonds. The molecule has 0 spiro atoms. The molecule has 0 radical (unpaired) electrons. The molecule has 1 aromatic carbocycles. The summed E-state index contributed by atoms with van der Waals surface area (Å²) < 4.78 is 34.1. The second kappa shape index (κ2) is 9.15. The largest absolute Gasteiger partial charge is 0.379 e. The normalized spacial score (nSPS) is 21.2. The van der Waals surface area contributed by atoms with Gasteiger partial charge in [-0.2, -0.15) is 5.10 Å².